The number of ether oxygens (including phenoxy) is 1. The van der Waals surface area contributed by atoms with E-state index in [1.54, 1.807) is 0 Å². The molecule has 0 saturated heterocycles. The first-order chi connectivity index (χ1) is 9.62. The van der Waals surface area contributed by atoms with Gasteiger partial charge in [0.2, 0.25) is 5.91 Å². The highest BCUT2D eigenvalue weighted by molar-refractivity contribution is 5.79. The van der Waals surface area contributed by atoms with Crippen molar-refractivity contribution >= 4 is 11.9 Å². The molecule has 1 aliphatic rings. The van der Waals surface area contributed by atoms with Crippen molar-refractivity contribution in [1.29, 1.82) is 0 Å². The van der Waals surface area contributed by atoms with Crippen molar-refractivity contribution in [3.63, 3.8) is 0 Å². The predicted molar refractivity (Wildman–Crippen MR) is 79.2 cm³/mol. The first-order valence-corrected chi connectivity index (χ1v) is 8.00. The number of rotatable bonds is 7. The van der Waals surface area contributed by atoms with Crippen LogP contribution in [-0.2, 0) is 14.3 Å². The normalized spacial score (nSPS) is 23.9. The summed E-state index contributed by atoms with van der Waals surface area (Å²) < 4.78 is 4.78. The SMILES string of the molecule is CCCCC(CC)C(=O)NC1CCC(C(=O)OC)CC1. The molecule has 0 bridgehead atoms. The third-order valence-electron chi connectivity index (χ3n) is 4.38. The highest BCUT2D eigenvalue weighted by Crippen LogP contribution is 2.25. The molecule has 0 aromatic rings. The zero-order valence-electron chi connectivity index (χ0n) is 13.1. The van der Waals surface area contributed by atoms with E-state index in [4.69, 9.17) is 4.74 Å². The smallest absolute Gasteiger partial charge is 0.308 e. The highest BCUT2D eigenvalue weighted by atomic mass is 16.5. The number of hydrogen-bond donors (Lipinski definition) is 1. The lowest BCUT2D eigenvalue weighted by Gasteiger charge is -2.28. The summed E-state index contributed by atoms with van der Waals surface area (Å²) in [5.41, 5.74) is 0. The Labute approximate surface area is 122 Å². The number of nitrogens with one attached hydrogen (secondary N) is 1. The molecule has 20 heavy (non-hydrogen) atoms. The van der Waals surface area contributed by atoms with Gasteiger partial charge >= 0.3 is 5.97 Å². The summed E-state index contributed by atoms with van der Waals surface area (Å²) in [5, 5.41) is 3.17. The van der Waals surface area contributed by atoms with Crippen LogP contribution in [0.1, 0.15) is 65.2 Å². The second-order valence-electron chi connectivity index (χ2n) is 5.83. The van der Waals surface area contributed by atoms with Gasteiger partial charge in [0.15, 0.2) is 0 Å². The molecule has 0 spiro atoms. The van der Waals surface area contributed by atoms with Crippen molar-refractivity contribution in [1.82, 2.24) is 5.32 Å². The monoisotopic (exact) mass is 283 g/mol. The van der Waals surface area contributed by atoms with E-state index >= 15 is 0 Å². The van der Waals surface area contributed by atoms with Crippen LogP contribution >= 0.6 is 0 Å². The van der Waals surface area contributed by atoms with E-state index in [9.17, 15) is 9.59 Å². The lowest BCUT2D eigenvalue weighted by Crippen LogP contribution is -2.41. The standard InChI is InChI=1S/C16H29NO3/c1-4-6-7-12(5-2)15(18)17-14-10-8-13(9-11-14)16(19)20-3/h12-14H,4-11H2,1-3H3,(H,17,18). The van der Waals surface area contributed by atoms with Crippen LogP contribution in [0.15, 0.2) is 0 Å². The Hall–Kier alpha value is -1.06. The number of methoxy groups -OCH3 is 1. The van der Waals surface area contributed by atoms with Gasteiger partial charge in [-0.15, -0.1) is 0 Å². The molecule has 1 fully saturated rings. The van der Waals surface area contributed by atoms with Crippen molar-refractivity contribution in [3.05, 3.63) is 0 Å². The summed E-state index contributed by atoms with van der Waals surface area (Å²) >= 11 is 0. The minimum absolute atomic E-state index is 0.0233. The molecule has 1 saturated carbocycles. The molecule has 4 nitrogen and oxygen atoms in total. The largest absolute Gasteiger partial charge is 0.469 e. The van der Waals surface area contributed by atoms with Crippen LogP contribution in [0.2, 0.25) is 0 Å². The fourth-order valence-corrected chi connectivity index (χ4v) is 2.93. The van der Waals surface area contributed by atoms with Crippen molar-refractivity contribution < 1.29 is 14.3 Å². The van der Waals surface area contributed by atoms with E-state index in [1.807, 2.05) is 0 Å². The fourth-order valence-electron chi connectivity index (χ4n) is 2.93. The Kier molecular flexibility index (Phi) is 7.63. The van der Waals surface area contributed by atoms with E-state index in [0.717, 1.165) is 51.4 Å². The summed E-state index contributed by atoms with van der Waals surface area (Å²) in [6.07, 6.45) is 7.55. The summed E-state index contributed by atoms with van der Waals surface area (Å²) in [6, 6.07) is 0.235. The highest BCUT2D eigenvalue weighted by Gasteiger charge is 2.28. The molecular weight excluding hydrogens is 254 g/mol. The summed E-state index contributed by atoms with van der Waals surface area (Å²) in [5.74, 6) is 0.259. The van der Waals surface area contributed by atoms with Gasteiger partial charge in [0.05, 0.1) is 13.0 Å². The Morgan fingerprint density at radius 2 is 1.85 bits per heavy atom. The molecule has 116 valence electrons. The molecule has 1 rings (SSSR count). The van der Waals surface area contributed by atoms with Crippen molar-refractivity contribution in [2.75, 3.05) is 7.11 Å². The molecular formula is C16H29NO3. The number of carbonyl (C=O) groups excluding carboxylic acids is 2. The Morgan fingerprint density at radius 3 is 2.35 bits per heavy atom. The van der Waals surface area contributed by atoms with Gasteiger partial charge in [-0.1, -0.05) is 26.7 Å². The first kappa shape index (κ1) is 17.0. The summed E-state index contributed by atoms with van der Waals surface area (Å²) in [4.78, 5) is 23.7. The Morgan fingerprint density at radius 1 is 1.20 bits per heavy atom. The van der Waals surface area contributed by atoms with E-state index < -0.39 is 0 Å². The minimum Gasteiger partial charge on any atom is -0.469 e. The van der Waals surface area contributed by atoms with Crippen LogP contribution in [0.25, 0.3) is 0 Å². The average Bonchev–Trinajstić information content (AvgIpc) is 2.48. The molecule has 0 heterocycles. The molecule has 1 amide bonds. The van der Waals surface area contributed by atoms with Crippen LogP contribution < -0.4 is 5.32 Å². The van der Waals surface area contributed by atoms with Gasteiger partial charge in [-0.05, 0) is 38.5 Å². The average molecular weight is 283 g/mol. The van der Waals surface area contributed by atoms with E-state index in [2.05, 4.69) is 19.2 Å². The second-order valence-corrected chi connectivity index (χ2v) is 5.83. The zero-order chi connectivity index (χ0) is 15.0. The summed E-state index contributed by atoms with van der Waals surface area (Å²) in [6.45, 7) is 4.23. The third-order valence-corrected chi connectivity index (χ3v) is 4.38. The maximum absolute atomic E-state index is 12.2. The zero-order valence-corrected chi connectivity index (χ0v) is 13.1. The van der Waals surface area contributed by atoms with E-state index in [1.165, 1.54) is 7.11 Å². The molecule has 1 unspecified atom stereocenters. The lowest BCUT2D eigenvalue weighted by molar-refractivity contribution is -0.146. The van der Waals surface area contributed by atoms with E-state index in [0.29, 0.717) is 0 Å². The van der Waals surface area contributed by atoms with Crippen LogP contribution in [0, 0.1) is 11.8 Å². The number of esters is 1. The molecule has 0 aromatic carbocycles. The fraction of sp³-hybridized carbons (Fsp3) is 0.875. The number of unbranched alkanes of at least 4 members (excludes halogenated alkanes) is 1. The van der Waals surface area contributed by atoms with Crippen molar-refractivity contribution in [3.8, 4) is 0 Å². The van der Waals surface area contributed by atoms with Gasteiger partial charge < -0.3 is 10.1 Å². The minimum atomic E-state index is -0.107. The predicted octanol–water partition coefficient (Wildman–Crippen LogP) is 3.05. The lowest BCUT2D eigenvalue weighted by atomic mass is 9.85. The molecule has 0 aliphatic heterocycles. The second kappa shape index (κ2) is 8.98. The van der Waals surface area contributed by atoms with E-state index in [-0.39, 0.29) is 29.8 Å². The van der Waals surface area contributed by atoms with Gasteiger partial charge in [0, 0.05) is 12.0 Å². The Bertz CT molecular complexity index is 309. The van der Waals surface area contributed by atoms with Gasteiger partial charge in [-0.3, -0.25) is 9.59 Å². The molecule has 1 N–H and O–H groups in total. The van der Waals surface area contributed by atoms with Gasteiger partial charge in [0.1, 0.15) is 0 Å². The first-order valence-electron chi connectivity index (χ1n) is 8.00. The maximum Gasteiger partial charge on any atom is 0.308 e. The molecule has 0 radical (unpaired) electrons. The van der Waals surface area contributed by atoms with Crippen LogP contribution in [0.5, 0.6) is 0 Å². The van der Waals surface area contributed by atoms with Gasteiger partial charge in [0.25, 0.3) is 0 Å². The van der Waals surface area contributed by atoms with Gasteiger partial charge in [-0.25, -0.2) is 0 Å². The topological polar surface area (TPSA) is 55.4 Å². The van der Waals surface area contributed by atoms with Gasteiger partial charge in [-0.2, -0.15) is 0 Å². The third kappa shape index (κ3) is 5.14. The molecule has 1 atom stereocenters. The van der Waals surface area contributed by atoms with Crippen LogP contribution in [0.3, 0.4) is 0 Å². The Balaban J connectivity index is 2.35. The number of amides is 1. The van der Waals surface area contributed by atoms with Crippen molar-refractivity contribution in [2.24, 2.45) is 11.8 Å². The maximum atomic E-state index is 12.2. The molecule has 4 heteroatoms. The van der Waals surface area contributed by atoms with Crippen LogP contribution in [0.4, 0.5) is 0 Å². The molecule has 0 aromatic heterocycles. The quantitative estimate of drug-likeness (QED) is 0.731. The number of hydrogen-bond acceptors (Lipinski definition) is 3. The van der Waals surface area contributed by atoms with Crippen LogP contribution in [-0.4, -0.2) is 25.0 Å². The molecule has 1 aliphatic carbocycles. The van der Waals surface area contributed by atoms with Crippen molar-refractivity contribution in [2.45, 2.75) is 71.3 Å². The summed E-state index contributed by atoms with van der Waals surface area (Å²) in [7, 11) is 1.44. The number of carbonyl (C=O) groups is 2.